The average Bonchev–Trinajstić information content (AvgIpc) is 3.24. The summed E-state index contributed by atoms with van der Waals surface area (Å²) in [5.41, 5.74) is 11.8. The molecule has 5 aromatic rings. The molecule has 0 fully saturated rings. The molecule has 164 valence electrons. The Bertz CT molecular complexity index is 1540. The molecule has 33 heavy (non-hydrogen) atoms. The zero-order chi connectivity index (χ0) is 23.2. The molecule has 0 amide bonds. The quantitative estimate of drug-likeness (QED) is 0.416. The summed E-state index contributed by atoms with van der Waals surface area (Å²) in [4.78, 5) is 24.1. The Kier molecular flexibility index (Phi) is 5.12. The molecular formula is C26H22ClN5O. The topological polar surface area (TPSA) is 89.6 Å². The predicted octanol–water partition coefficient (Wildman–Crippen LogP) is 4.54. The maximum Gasteiger partial charge on any atom is 0.249 e. The first-order chi connectivity index (χ1) is 15.9. The molecule has 1 atom stereocenters. The van der Waals surface area contributed by atoms with Crippen LogP contribution >= 0.6 is 11.6 Å². The van der Waals surface area contributed by atoms with Gasteiger partial charge in [0, 0.05) is 46.5 Å². The third-order valence-electron chi connectivity index (χ3n) is 6.02. The van der Waals surface area contributed by atoms with Crippen molar-refractivity contribution in [3.63, 3.8) is 0 Å². The number of rotatable bonds is 4. The molecule has 0 saturated carbocycles. The van der Waals surface area contributed by atoms with Crippen LogP contribution in [0.5, 0.6) is 0 Å². The van der Waals surface area contributed by atoms with Gasteiger partial charge in [-0.2, -0.15) is 0 Å². The molecule has 5 rings (SSSR count). The van der Waals surface area contributed by atoms with Crippen molar-refractivity contribution in [1.29, 1.82) is 0 Å². The Morgan fingerprint density at radius 3 is 2.55 bits per heavy atom. The highest BCUT2D eigenvalue weighted by molar-refractivity contribution is 6.30. The molecule has 2 aromatic carbocycles. The summed E-state index contributed by atoms with van der Waals surface area (Å²) >= 11 is 6.24. The van der Waals surface area contributed by atoms with Crippen LogP contribution < -0.4 is 11.3 Å². The summed E-state index contributed by atoms with van der Waals surface area (Å²) in [6.07, 6.45) is 5.31. The molecular weight excluding hydrogens is 434 g/mol. The van der Waals surface area contributed by atoms with Crippen LogP contribution in [0, 0.1) is 6.92 Å². The Morgan fingerprint density at radius 1 is 1.03 bits per heavy atom. The highest BCUT2D eigenvalue weighted by atomic mass is 35.5. The van der Waals surface area contributed by atoms with E-state index in [-0.39, 0.29) is 5.56 Å². The molecule has 7 heteroatoms. The van der Waals surface area contributed by atoms with Crippen molar-refractivity contribution >= 4 is 22.5 Å². The van der Waals surface area contributed by atoms with Crippen LogP contribution in [0.1, 0.15) is 22.5 Å². The second-order valence-electron chi connectivity index (χ2n) is 8.20. The summed E-state index contributed by atoms with van der Waals surface area (Å²) in [5.74, 6) is 0. The number of benzene rings is 2. The number of hydrogen-bond donors (Lipinski definition) is 2. The van der Waals surface area contributed by atoms with Gasteiger partial charge >= 0.3 is 0 Å². The fourth-order valence-electron chi connectivity index (χ4n) is 4.29. The fourth-order valence-corrected chi connectivity index (χ4v) is 4.48. The number of aromatic nitrogens is 4. The van der Waals surface area contributed by atoms with Crippen LogP contribution in [-0.2, 0) is 12.6 Å². The summed E-state index contributed by atoms with van der Waals surface area (Å²) in [6, 6.07) is 18.8. The maximum absolute atomic E-state index is 12.4. The molecule has 0 aliphatic heterocycles. The van der Waals surface area contributed by atoms with E-state index >= 15 is 0 Å². The molecule has 3 N–H and O–H groups in total. The van der Waals surface area contributed by atoms with Gasteiger partial charge in [-0.05, 0) is 53.9 Å². The van der Waals surface area contributed by atoms with Gasteiger partial charge in [-0.1, -0.05) is 35.9 Å². The molecule has 3 aromatic heterocycles. The summed E-state index contributed by atoms with van der Waals surface area (Å²) in [6.45, 7) is 1.94. The van der Waals surface area contributed by atoms with Crippen LogP contribution in [-0.4, -0.2) is 19.5 Å². The van der Waals surface area contributed by atoms with Crippen LogP contribution in [0.25, 0.3) is 22.0 Å². The molecule has 0 aliphatic rings. The number of nitrogens with two attached hydrogens (primary N) is 1. The lowest BCUT2D eigenvalue weighted by molar-refractivity contribution is 0.594. The normalized spacial score (nSPS) is 13.2. The smallest absolute Gasteiger partial charge is 0.249 e. The van der Waals surface area contributed by atoms with Crippen molar-refractivity contribution in [3.05, 3.63) is 117 Å². The van der Waals surface area contributed by atoms with E-state index in [4.69, 9.17) is 17.3 Å². The van der Waals surface area contributed by atoms with Gasteiger partial charge in [-0.15, -0.1) is 0 Å². The van der Waals surface area contributed by atoms with Crippen LogP contribution in [0.3, 0.4) is 0 Å². The van der Waals surface area contributed by atoms with E-state index in [0.29, 0.717) is 5.02 Å². The van der Waals surface area contributed by atoms with Gasteiger partial charge in [0.15, 0.2) is 0 Å². The third-order valence-corrected chi connectivity index (χ3v) is 6.26. The first kappa shape index (κ1) is 21.1. The number of fused-ring (bicyclic) bond motifs is 1. The van der Waals surface area contributed by atoms with Gasteiger partial charge < -0.3 is 15.3 Å². The summed E-state index contributed by atoms with van der Waals surface area (Å²) < 4.78 is 1.91. The van der Waals surface area contributed by atoms with Crippen molar-refractivity contribution in [3.8, 4) is 11.1 Å². The van der Waals surface area contributed by atoms with E-state index in [9.17, 15) is 4.79 Å². The SMILES string of the molecule is Cc1ccc(C(N)(c2ccc3[nH]c(=O)cc(-c4cccc(Cl)c4)c3c2)c2cncn2C)cn1. The second kappa shape index (κ2) is 7.99. The molecule has 0 bridgehead atoms. The molecule has 0 spiro atoms. The zero-order valence-corrected chi connectivity index (χ0v) is 19.0. The van der Waals surface area contributed by atoms with Gasteiger partial charge in [0.25, 0.3) is 0 Å². The van der Waals surface area contributed by atoms with Crippen molar-refractivity contribution < 1.29 is 0 Å². The summed E-state index contributed by atoms with van der Waals surface area (Å²) in [7, 11) is 1.92. The maximum atomic E-state index is 12.4. The molecule has 6 nitrogen and oxygen atoms in total. The van der Waals surface area contributed by atoms with E-state index in [1.807, 2.05) is 73.1 Å². The number of H-pyrrole nitrogens is 1. The lowest BCUT2D eigenvalue weighted by Crippen LogP contribution is -2.41. The Hall–Kier alpha value is -3.74. The highest BCUT2D eigenvalue weighted by Gasteiger charge is 2.35. The molecule has 0 radical (unpaired) electrons. The van der Waals surface area contributed by atoms with Crippen LogP contribution in [0.15, 0.2) is 84.2 Å². The van der Waals surface area contributed by atoms with Crippen LogP contribution in [0.4, 0.5) is 0 Å². The molecule has 1 unspecified atom stereocenters. The minimum atomic E-state index is -1.01. The van der Waals surface area contributed by atoms with Crippen molar-refractivity contribution in [1.82, 2.24) is 19.5 Å². The minimum absolute atomic E-state index is 0.182. The lowest BCUT2D eigenvalue weighted by Gasteiger charge is -2.31. The number of halogens is 1. The van der Waals surface area contributed by atoms with E-state index in [0.717, 1.165) is 44.5 Å². The van der Waals surface area contributed by atoms with Crippen molar-refractivity contribution in [2.45, 2.75) is 12.5 Å². The van der Waals surface area contributed by atoms with Gasteiger partial charge in [0.1, 0.15) is 5.54 Å². The Labute approximate surface area is 195 Å². The fraction of sp³-hybridized carbons (Fsp3) is 0.115. The van der Waals surface area contributed by atoms with Crippen molar-refractivity contribution in [2.24, 2.45) is 12.8 Å². The Balaban J connectivity index is 1.81. The van der Waals surface area contributed by atoms with Crippen LogP contribution in [0.2, 0.25) is 5.02 Å². The monoisotopic (exact) mass is 455 g/mol. The van der Waals surface area contributed by atoms with E-state index < -0.39 is 5.54 Å². The second-order valence-corrected chi connectivity index (χ2v) is 8.64. The standard InChI is InChI=1S/C26H22ClN5O/c1-16-6-7-19(13-30-16)26(28,24-14-29-15-32(24)2)18-8-9-23-22(11-18)21(12-25(33)31-23)17-4-3-5-20(27)10-17/h3-15H,28H2,1-2H3,(H,31,33). The number of nitrogens with one attached hydrogen (secondary N) is 1. The first-order valence-corrected chi connectivity index (χ1v) is 10.9. The largest absolute Gasteiger partial charge is 0.336 e. The van der Waals surface area contributed by atoms with Gasteiger partial charge in [0.05, 0.1) is 18.2 Å². The van der Waals surface area contributed by atoms with E-state index in [1.54, 1.807) is 24.8 Å². The Morgan fingerprint density at radius 2 is 1.85 bits per heavy atom. The number of imidazole rings is 1. The third kappa shape index (κ3) is 3.63. The minimum Gasteiger partial charge on any atom is -0.336 e. The number of aromatic amines is 1. The molecule has 3 heterocycles. The predicted molar refractivity (Wildman–Crippen MR) is 131 cm³/mol. The number of hydrogen-bond acceptors (Lipinski definition) is 4. The summed E-state index contributed by atoms with van der Waals surface area (Å²) in [5, 5.41) is 1.47. The number of nitrogens with zero attached hydrogens (tertiary/aromatic N) is 3. The average molecular weight is 456 g/mol. The van der Waals surface area contributed by atoms with E-state index in [1.165, 1.54) is 0 Å². The highest BCUT2D eigenvalue weighted by Crippen LogP contribution is 2.37. The van der Waals surface area contributed by atoms with Gasteiger partial charge in [-0.3, -0.25) is 9.78 Å². The number of pyridine rings is 2. The lowest BCUT2D eigenvalue weighted by atomic mass is 9.81. The van der Waals surface area contributed by atoms with E-state index in [2.05, 4.69) is 15.0 Å². The van der Waals surface area contributed by atoms with Crippen molar-refractivity contribution in [2.75, 3.05) is 0 Å². The van der Waals surface area contributed by atoms with Gasteiger partial charge in [-0.25, -0.2) is 4.98 Å². The molecule has 0 saturated heterocycles. The first-order valence-electron chi connectivity index (χ1n) is 10.5. The molecule has 0 aliphatic carbocycles. The zero-order valence-electron chi connectivity index (χ0n) is 18.2. The van der Waals surface area contributed by atoms with Gasteiger partial charge in [0.2, 0.25) is 5.56 Å². The number of aryl methyl sites for hydroxylation is 2.